The number of carbonyl (C=O) groups excluding carboxylic acids is 4. The van der Waals surface area contributed by atoms with Gasteiger partial charge >= 0.3 is 12.0 Å². The summed E-state index contributed by atoms with van der Waals surface area (Å²) in [5.41, 5.74) is 1.76. The third-order valence-corrected chi connectivity index (χ3v) is 5.67. The lowest BCUT2D eigenvalue weighted by Gasteiger charge is -2.26. The highest BCUT2D eigenvalue weighted by atomic mass is 16.6. The number of aryl methyl sites for hydroxylation is 1. The van der Waals surface area contributed by atoms with Crippen molar-refractivity contribution in [3.05, 3.63) is 105 Å². The molecule has 1 N–H and O–H groups in total. The van der Waals surface area contributed by atoms with Crippen molar-refractivity contribution < 1.29 is 33.6 Å². The van der Waals surface area contributed by atoms with Gasteiger partial charge in [0.25, 0.3) is 17.5 Å². The molecule has 1 aliphatic rings. The van der Waals surface area contributed by atoms with Crippen LogP contribution >= 0.6 is 0 Å². The van der Waals surface area contributed by atoms with Gasteiger partial charge in [-0.2, -0.15) is 0 Å². The Morgan fingerprint density at radius 3 is 2.40 bits per heavy atom. The van der Waals surface area contributed by atoms with Gasteiger partial charge in [0, 0.05) is 18.2 Å². The van der Waals surface area contributed by atoms with Crippen LogP contribution in [-0.4, -0.2) is 35.3 Å². The highest BCUT2D eigenvalue weighted by Gasteiger charge is 2.36. The maximum atomic E-state index is 13.2. The molecule has 0 aliphatic carbocycles. The molecule has 1 saturated heterocycles. The minimum absolute atomic E-state index is 0.0713. The molecule has 1 fully saturated rings. The monoisotopic (exact) mass is 541 g/mol. The standard InChI is InChI=1S/C29H23N3O8/c1-3-39-25-17-20(9-13-24(25)40-26(33)14-10-19-7-11-21(12-8-19)32(37)38)16-23-27(34)30-29(36)31(28(23)35)22-6-4-5-18(2)15-22/h4-17H,3H2,1-2H3,(H,30,34,36)/b14-10+,23-16+. The minimum atomic E-state index is -0.850. The number of benzene rings is 3. The van der Waals surface area contributed by atoms with Crippen molar-refractivity contribution in [2.75, 3.05) is 11.5 Å². The highest BCUT2D eigenvalue weighted by Crippen LogP contribution is 2.31. The van der Waals surface area contributed by atoms with Crippen molar-refractivity contribution in [2.45, 2.75) is 13.8 Å². The summed E-state index contributed by atoms with van der Waals surface area (Å²) in [5.74, 6) is -2.07. The number of nitrogens with one attached hydrogen (secondary N) is 1. The zero-order chi connectivity index (χ0) is 28.8. The van der Waals surface area contributed by atoms with E-state index in [0.717, 1.165) is 16.5 Å². The van der Waals surface area contributed by atoms with E-state index < -0.39 is 28.7 Å². The Kier molecular flexibility index (Phi) is 8.14. The summed E-state index contributed by atoms with van der Waals surface area (Å²) < 4.78 is 11.0. The summed E-state index contributed by atoms with van der Waals surface area (Å²) in [5, 5.41) is 13.0. The lowest BCUT2D eigenvalue weighted by Crippen LogP contribution is -2.54. The molecule has 0 atom stereocenters. The quantitative estimate of drug-likeness (QED) is 0.109. The van der Waals surface area contributed by atoms with Gasteiger partial charge in [-0.1, -0.05) is 18.2 Å². The van der Waals surface area contributed by atoms with E-state index in [1.165, 1.54) is 54.6 Å². The first-order valence-corrected chi connectivity index (χ1v) is 12.1. The molecule has 3 aromatic carbocycles. The Morgan fingerprint density at radius 1 is 1.00 bits per heavy atom. The van der Waals surface area contributed by atoms with E-state index in [4.69, 9.17) is 9.47 Å². The Morgan fingerprint density at radius 2 is 1.73 bits per heavy atom. The van der Waals surface area contributed by atoms with Gasteiger partial charge in [-0.15, -0.1) is 0 Å². The first kappa shape index (κ1) is 27.5. The van der Waals surface area contributed by atoms with E-state index in [-0.39, 0.29) is 29.4 Å². The summed E-state index contributed by atoms with van der Waals surface area (Å²) in [6.07, 6.45) is 3.92. The molecule has 0 unspecified atom stereocenters. The normalized spacial score (nSPS) is 14.4. The number of barbiturate groups is 1. The zero-order valence-electron chi connectivity index (χ0n) is 21.5. The molecule has 1 heterocycles. The maximum absolute atomic E-state index is 13.2. The maximum Gasteiger partial charge on any atom is 0.336 e. The third-order valence-electron chi connectivity index (χ3n) is 5.67. The molecular formula is C29H23N3O8. The second-order valence-electron chi connectivity index (χ2n) is 8.54. The van der Waals surface area contributed by atoms with Gasteiger partial charge in [-0.05, 0) is 79.1 Å². The Bertz CT molecular complexity index is 1570. The van der Waals surface area contributed by atoms with Gasteiger partial charge in [0.1, 0.15) is 5.57 Å². The average Bonchev–Trinajstić information content (AvgIpc) is 2.91. The second kappa shape index (κ2) is 11.9. The van der Waals surface area contributed by atoms with E-state index in [1.807, 2.05) is 13.0 Å². The molecule has 40 heavy (non-hydrogen) atoms. The number of imide groups is 2. The predicted octanol–water partition coefficient (Wildman–Crippen LogP) is 4.59. The van der Waals surface area contributed by atoms with Crippen molar-refractivity contribution in [3.8, 4) is 11.5 Å². The minimum Gasteiger partial charge on any atom is -0.490 e. The van der Waals surface area contributed by atoms with Gasteiger partial charge < -0.3 is 9.47 Å². The summed E-state index contributed by atoms with van der Waals surface area (Å²) >= 11 is 0. The number of nitro benzene ring substituents is 1. The van der Waals surface area contributed by atoms with E-state index in [1.54, 1.807) is 25.1 Å². The van der Waals surface area contributed by atoms with E-state index in [0.29, 0.717) is 16.8 Å². The van der Waals surface area contributed by atoms with Crippen molar-refractivity contribution in [2.24, 2.45) is 0 Å². The first-order valence-electron chi connectivity index (χ1n) is 12.1. The molecule has 0 spiro atoms. The van der Waals surface area contributed by atoms with Crippen LogP contribution in [0.15, 0.2) is 78.4 Å². The number of carbonyl (C=O) groups is 4. The molecule has 1 aliphatic heterocycles. The number of ether oxygens (including phenoxy) is 2. The second-order valence-corrected chi connectivity index (χ2v) is 8.54. The third kappa shape index (κ3) is 6.27. The van der Waals surface area contributed by atoms with Crippen molar-refractivity contribution in [3.63, 3.8) is 0 Å². The van der Waals surface area contributed by atoms with Crippen LogP contribution in [0.3, 0.4) is 0 Å². The van der Waals surface area contributed by atoms with E-state index in [2.05, 4.69) is 5.32 Å². The summed E-state index contributed by atoms with van der Waals surface area (Å²) in [6.45, 7) is 3.78. The molecule has 11 heteroatoms. The number of hydrogen-bond donors (Lipinski definition) is 1. The predicted molar refractivity (Wildman–Crippen MR) is 146 cm³/mol. The molecular weight excluding hydrogens is 518 g/mol. The number of nitrogens with zero attached hydrogens (tertiary/aromatic N) is 2. The number of esters is 1. The molecule has 3 aromatic rings. The number of anilines is 1. The lowest BCUT2D eigenvalue weighted by atomic mass is 10.1. The van der Waals surface area contributed by atoms with E-state index in [9.17, 15) is 29.3 Å². The smallest absolute Gasteiger partial charge is 0.336 e. The fourth-order valence-corrected chi connectivity index (χ4v) is 3.81. The van der Waals surface area contributed by atoms with E-state index >= 15 is 0 Å². The number of rotatable bonds is 8. The molecule has 11 nitrogen and oxygen atoms in total. The van der Waals surface area contributed by atoms with Crippen LogP contribution in [0.2, 0.25) is 0 Å². The number of urea groups is 1. The Balaban J connectivity index is 1.55. The lowest BCUT2D eigenvalue weighted by molar-refractivity contribution is -0.384. The number of amides is 4. The van der Waals surface area contributed by atoms with Gasteiger partial charge in [-0.3, -0.25) is 25.0 Å². The van der Waals surface area contributed by atoms with Gasteiger partial charge in [-0.25, -0.2) is 14.5 Å². The molecule has 4 rings (SSSR count). The van der Waals surface area contributed by atoms with Crippen LogP contribution in [0.5, 0.6) is 11.5 Å². The summed E-state index contributed by atoms with van der Waals surface area (Å²) in [7, 11) is 0. The van der Waals surface area contributed by atoms with Crippen molar-refractivity contribution in [1.29, 1.82) is 0 Å². The molecule has 4 amide bonds. The number of nitro groups is 1. The van der Waals surface area contributed by atoms with Crippen LogP contribution < -0.4 is 19.7 Å². The topological polar surface area (TPSA) is 145 Å². The molecule has 0 bridgehead atoms. The van der Waals surface area contributed by atoms with Crippen LogP contribution in [0.1, 0.15) is 23.6 Å². The van der Waals surface area contributed by atoms with Gasteiger partial charge in [0.05, 0.1) is 17.2 Å². The summed E-state index contributed by atoms with van der Waals surface area (Å²) in [6, 6.07) is 16.0. The molecule has 202 valence electrons. The zero-order valence-corrected chi connectivity index (χ0v) is 21.5. The fourth-order valence-electron chi connectivity index (χ4n) is 3.81. The number of hydrogen-bond acceptors (Lipinski definition) is 8. The van der Waals surface area contributed by atoms with Crippen molar-refractivity contribution >= 4 is 47.3 Å². The first-order chi connectivity index (χ1) is 19.2. The van der Waals surface area contributed by atoms with Crippen LogP contribution in [-0.2, 0) is 14.4 Å². The Hall–Kier alpha value is -5.58. The molecule has 0 saturated carbocycles. The SMILES string of the molecule is CCOc1cc(/C=C2\C(=O)NC(=O)N(c3cccc(C)c3)C2=O)ccc1OC(=O)/C=C/c1ccc([N+](=O)[O-])cc1. The fraction of sp³-hybridized carbons (Fsp3) is 0.103. The van der Waals surface area contributed by atoms with Gasteiger partial charge in [0.2, 0.25) is 0 Å². The number of non-ortho nitro benzene ring substituents is 1. The van der Waals surface area contributed by atoms with Crippen LogP contribution in [0.4, 0.5) is 16.2 Å². The molecule has 0 radical (unpaired) electrons. The largest absolute Gasteiger partial charge is 0.490 e. The Labute approximate surface area is 228 Å². The average molecular weight is 542 g/mol. The van der Waals surface area contributed by atoms with Crippen LogP contribution in [0.25, 0.3) is 12.2 Å². The van der Waals surface area contributed by atoms with Gasteiger partial charge in [0.15, 0.2) is 11.5 Å². The molecule has 0 aromatic heterocycles. The van der Waals surface area contributed by atoms with Crippen molar-refractivity contribution in [1.82, 2.24) is 5.32 Å². The van der Waals surface area contributed by atoms with Crippen LogP contribution in [0, 0.1) is 17.0 Å². The summed E-state index contributed by atoms with van der Waals surface area (Å²) in [4.78, 5) is 61.7. The highest BCUT2D eigenvalue weighted by molar-refractivity contribution is 6.39.